The molecule has 0 aromatic carbocycles. The van der Waals surface area contributed by atoms with Crippen LogP contribution < -0.4 is 10.6 Å². The molecule has 1 saturated carbocycles. The average molecular weight is 346 g/mol. The summed E-state index contributed by atoms with van der Waals surface area (Å²) < 4.78 is 5.47. The fourth-order valence-electron chi connectivity index (χ4n) is 4.23. The highest BCUT2D eigenvalue weighted by molar-refractivity contribution is 5.85. The average Bonchev–Trinajstić information content (AvgIpc) is 3.09. The van der Waals surface area contributed by atoms with E-state index in [2.05, 4.69) is 15.5 Å². The fourth-order valence-corrected chi connectivity index (χ4v) is 4.23. The van der Waals surface area contributed by atoms with E-state index in [-0.39, 0.29) is 29.8 Å². The molecule has 0 aromatic rings. The minimum absolute atomic E-state index is 0. The first kappa shape index (κ1) is 19.0. The summed E-state index contributed by atoms with van der Waals surface area (Å²) >= 11 is 0. The van der Waals surface area contributed by atoms with Crippen molar-refractivity contribution in [3.8, 4) is 0 Å². The Balaban J connectivity index is 0.00000192. The van der Waals surface area contributed by atoms with Gasteiger partial charge in [0, 0.05) is 31.6 Å². The quantitative estimate of drug-likeness (QED) is 0.794. The minimum Gasteiger partial charge on any atom is -0.379 e. The van der Waals surface area contributed by atoms with Crippen molar-refractivity contribution in [1.82, 2.24) is 15.5 Å². The van der Waals surface area contributed by atoms with E-state index in [1.807, 2.05) is 0 Å². The summed E-state index contributed by atoms with van der Waals surface area (Å²) in [4.78, 5) is 14.9. The van der Waals surface area contributed by atoms with Gasteiger partial charge in [-0.05, 0) is 32.2 Å². The predicted molar refractivity (Wildman–Crippen MR) is 94.1 cm³/mol. The van der Waals surface area contributed by atoms with Crippen molar-refractivity contribution in [2.24, 2.45) is 5.41 Å². The van der Waals surface area contributed by atoms with E-state index in [4.69, 9.17) is 4.74 Å². The van der Waals surface area contributed by atoms with E-state index in [1.165, 1.54) is 32.1 Å². The van der Waals surface area contributed by atoms with Crippen molar-refractivity contribution in [1.29, 1.82) is 0 Å². The molecule has 2 saturated heterocycles. The summed E-state index contributed by atoms with van der Waals surface area (Å²) in [7, 11) is 0. The van der Waals surface area contributed by atoms with Crippen molar-refractivity contribution < 1.29 is 9.53 Å². The largest absolute Gasteiger partial charge is 0.379 e. The third-order valence-corrected chi connectivity index (χ3v) is 5.59. The summed E-state index contributed by atoms with van der Waals surface area (Å²) in [5.41, 5.74) is 0.282. The summed E-state index contributed by atoms with van der Waals surface area (Å²) in [6.45, 7) is 6.75. The Labute approximate surface area is 146 Å². The molecule has 134 valence electrons. The number of rotatable bonds is 5. The zero-order valence-corrected chi connectivity index (χ0v) is 15.0. The van der Waals surface area contributed by atoms with Crippen LogP contribution in [0.1, 0.15) is 44.9 Å². The number of nitrogens with one attached hydrogen (secondary N) is 2. The number of hydrogen-bond donors (Lipinski definition) is 2. The van der Waals surface area contributed by atoms with Crippen LogP contribution in [0.3, 0.4) is 0 Å². The molecule has 1 unspecified atom stereocenters. The lowest BCUT2D eigenvalue weighted by Gasteiger charge is -2.42. The molecule has 3 aliphatic rings. The maximum absolute atomic E-state index is 12.3. The van der Waals surface area contributed by atoms with Gasteiger partial charge in [0.15, 0.2) is 0 Å². The van der Waals surface area contributed by atoms with Gasteiger partial charge in [-0.1, -0.05) is 19.3 Å². The second kappa shape index (κ2) is 9.21. The first-order valence-electron chi connectivity index (χ1n) is 9.09. The van der Waals surface area contributed by atoms with Crippen molar-refractivity contribution in [2.45, 2.75) is 51.0 Å². The Morgan fingerprint density at radius 3 is 2.57 bits per heavy atom. The molecule has 0 aromatic heterocycles. The van der Waals surface area contributed by atoms with Gasteiger partial charge in [-0.25, -0.2) is 0 Å². The van der Waals surface area contributed by atoms with E-state index >= 15 is 0 Å². The molecule has 3 fully saturated rings. The van der Waals surface area contributed by atoms with Crippen LogP contribution in [-0.2, 0) is 9.53 Å². The Bertz CT molecular complexity index is 363. The number of morpholine rings is 1. The molecule has 3 rings (SSSR count). The molecule has 0 radical (unpaired) electrons. The maximum atomic E-state index is 12.3. The Kier molecular flexibility index (Phi) is 7.60. The molecule has 1 aliphatic carbocycles. The third kappa shape index (κ3) is 5.31. The Hall–Kier alpha value is -0.360. The molecule has 2 N–H and O–H groups in total. The maximum Gasteiger partial charge on any atom is 0.237 e. The van der Waals surface area contributed by atoms with Crippen molar-refractivity contribution >= 4 is 18.3 Å². The molecule has 23 heavy (non-hydrogen) atoms. The SMILES string of the molecule is Cl.O=C(NCC1(CN2CCOCC2)CCCCC1)C1CCCN1. The standard InChI is InChI=1S/C17H31N3O2.ClH/c21-16(15-5-4-8-18-15)19-13-17(6-2-1-3-7-17)14-20-9-11-22-12-10-20;/h15,18H,1-14H2,(H,19,21);1H. The number of amides is 1. The van der Waals surface area contributed by atoms with E-state index in [0.29, 0.717) is 0 Å². The van der Waals surface area contributed by atoms with Gasteiger partial charge in [-0.3, -0.25) is 9.69 Å². The molecule has 2 heterocycles. The lowest BCUT2D eigenvalue weighted by Crippen LogP contribution is -2.51. The van der Waals surface area contributed by atoms with Crippen LogP contribution in [0.15, 0.2) is 0 Å². The van der Waals surface area contributed by atoms with E-state index < -0.39 is 0 Å². The smallest absolute Gasteiger partial charge is 0.237 e. The highest BCUT2D eigenvalue weighted by atomic mass is 35.5. The van der Waals surface area contributed by atoms with Crippen LogP contribution in [0, 0.1) is 5.41 Å². The molecule has 6 heteroatoms. The summed E-state index contributed by atoms with van der Waals surface area (Å²) in [5, 5.41) is 6.56. The van der Waals surface area contributed by atoms with Gasteiger partial charge in [-0.15, -0.1) is 12.4 Å². The molecule has 0 spiro atoms. The number of hydrogen-bond acceptors (Lipinski definition) is 4. The molecular weight excluding hydrogens is 314 g/mol. The molecule has 2 aliphatic heterocycles. The Morgan fingerprint density at radius 1 is 1.17 bits per heavy atom. The second-order valence-corrected chi connectivity index (χ2v) is 7.32. The van der Waals surface area contributed by atoms with Crippen LogP contribution in [0.25, 0.3) is 0 Å². The van der Waals surface area contributed by atoms with Gasteiger partial charge >= 0.3 is 0 Å². The lowest BCUT2D eigenvalue weighted by atomic mass is 9.73. The van der Waals surface area contributed by atoms with E-state index in [1.54, 1.807) is 0 Å². The zero-order valence-electron chi connectivity index (χ0n) is 14.1. The lowest BCUT2D eigenvalue weighted by molar-refractivity contribution is -0.123. The van der Waals surface area contributed by atoms with E-state index in [0.717, 1.165) is 58.8 Å². The molecule has 1 amide bonds. The van der Waals surface area contributed by atoms with Crippen LogP contribution in [0.4, 0.5) is 0 Å². The van der Waals surface area contributed by atoms with E-state index in [9.17, 15) is 4.79 Å². The van der Waals surface area contributed by atoms with Crippen LogP contribution in [0.2, 0.25) is 0 Å². The van der Waals surface area contributed by atoms with Gasteiger partial charge in [0.05, 0.1) is 19.3 Å². The number of carbonyl (C=O) groups excluding carboxylic acids is 1. The summed E-state index contributed by atoms with van der Waals surface area (Å²) in [6.07, 6.45) is 8.58. The van der Waals surface area contributed by atoms with Crippen molar-refractivity contribution in [3.05, 3.63) is 0 Å². The van der Waals surface area contributed by atoms with Crippen LogP contribution in [0.5, 0.6) is 0 Å². The van der Waals surface area contributed by atoms with Gasteiger partial charge in [0.2, 0.25) is 5.91 Å². The number of ether oxygens (including phenoxy) is 1. The zero-order chi connectivity index (χ0) is 15.3. The highest BCUT2D eigenvalue weighted by Crippen LogP contribution is 2.36. The predicted octanol–water partition coefficient (Wildman–Crippen LogP) is 1.56. The first-order valence-corrected chi connectivity index (χ1v) is 9.09. The summed E-state index contributed by atoms with van der Waals surface area (Å²) in [5.74, 6) is 0.212. The molecule has 5 nitrogen and oxygen atoms in total. The van der Waals surface area contributed by atoms with Crippen molar-refractivity contribution in [2.75, 3.05) is 45.9 Å². The monoisotopic (exact) mass is 345 g/mol. The van der Waals surface area contributed by atoms with Crippen LogP contribution in [-0.4, -0.2) is 62.8 Å². The minimum atomic E-state index is 0. The number of halogens is 1. The molecular formula is C17H32ClN3O2. The van der Waals surface area contributed by atoms with Gasteiger partial charge in [0.25, 0.3) is 0 Å². The molecule has 1 atom stereocenters. The van der Waals surface area contributed by atoms with Gasteiger partial charge in [0.1, 0.15) is 0 Å². The van der Waals surface area contributed by atoms with Crippen LogP contribution >= 0.6 is 12.4 Å². The number of nitrogens with zero attached hydrogens (tertiary/aromatic N) is 1. The fraction of sp³-hybridized carbons (Fsp3) is 0.941. The van der Waals surface area contributed by atoms with Gasteiger partial charge < -0.3 is 15.4 Å². The summed E-state index contributed by atoms with van der Waals surface area (Å²) in [6, 6.07) is 0.0454. The number of carbonyl (C=O) groups is 1. The molecule has 0 bridgehead atoms. The second-order valence-electron chi connectivity index (χ2n) is 7.32. The normalized spacial score (nSPS) is 28.1. The van der Waals surface area contributed by atoms with Gasteiger partial charge in [-0.2, -0.15) is 0 Å². The first-order chi connectivity index (χ1) is 10.8. The third-order valence-electron chi connectivity index (χ3n) is 5.59. The highest BCUT2D eigenvalue weighted by Gasteiger charge is 2.35. The Morgan fingerprint density at radius 2 is 1.91 bits per heavy atom. The van der Waals surface area contributed by atoms with Crippen molar-refractivity contribution in [3.63, 3.8) is 0 Å². The topological polar surface area (TPSA) is 53.6 Å².